The third-order valence-corrected chi connectivity index (χ3v) is 3.80. The topological polar surface area (TPSA) is 34.7 Å². The number of halogens is 2. The number of rotatable bonds is 4. The van der Waals surface area contributed by atoms with Crippen LogP contribution in [0.3, 0.4) is 0 Å². The second-order valence-electron chi connectivity index (χ2n) is 4.98. The van der Waals surface area contributed by atoms with Gasteiger partial charge in [0.1, 0.15) is 11.4 Å². The van der Waals surface area contributed by atoms with E-state index in [0.717, 1.165) is 21.0 Å². The van der Waals surface area contributed by atoms with Crippen LogP contribution < -0.4 is 5.55 Å². The summed E-state index contributed by atoms with van der Waals surface area (Å²) in [6.45, 7) is 2.94. The van der Waals surface area contributed by atoms with Crippen molar-refractivity contribution in [2.45, 2.75) is 13.5 Å². The fourth-order valence-corrected chi connectivity index (χ4v) is 2.57. The number of hydrogen-bond donors (Lipinski definition) is 0. The van der Waals surface area contributed by atoms with Gasteiger partial charge < -0.3 is 9.15 Å². The first-order valence-electron chi connectivity index (χ1n) is 7.26. The molecule has 0 saturated heterocycles. The predicted octanol–water partition coefficient (Wildman–Crippen LogP) is 5.10. The van der Waals surface area contributed by atoms with Gasteiger partial charge in [0.15, 0.2) is 0 Å². The van der Waals surface area contributed by atoms with Crippen molar-refractivity contribution >= 4 is 32.6 Å². The summed E-state index contributed by atoms with van der Waals surface area (Å²) in [6, 6.07) is 13.8. The number of nitrogens with zero attached hydrogens (tertiary/aromatic N) is 1. The van der Waals surface area contributed by atoms with Crippen LogP contribution in [0.25, 0.3) is 11.0 Å². The van der Waals surface area contributed by atoms with Gasteiger partial charge in [-0.1, -0.05) is 15.9 Å². The summed E-state index contributed by atoms with van der Waals surface area (Å²) in [6.07, 6.45) is 0. The number of hydrogen-bond acceptors (Lipinski definition) is 3. The van der Waals surface area contributed by atoms with Gasteiger partial charge in [0, 0.05) is 22.0 Å². The largest absolute Gasteiger partial charge is 0.438 e. The number of ether oxygens (including phenoxy) is 1. The molecule has 3 nitrogen and oxygen atoms in total. The van der Waals surface area contributed by atoms with Crippen LogP contribution in [0.2, 0.25) is 0 Å². The Morgan fingerprint density at radius 3 is 2.65 bits per heavy atom. The lowest BCUT2D eigenvalue weighted by Crippen LogP contribution is -2.10. The normalized spacial score (nSPS) is 12.0. The lowest BCUT2D eigenvalue weighted by Gasteiger charge is -2.05. The molecule has 0 bridgehead atoms. The molecule has 0 spiro atoms. The Hall–Kier alpha value is -1.98. The molecule has 3 rings (SSSR count). The third kappa shape index (κ3) is 3.86. The molecule has 118 valence electrons. The smallest absolute Gasteiger partial charge is 0.225 e. The highest BCUT2D eigenvalue weighted by Crippen LogP contribution is 2.20. The first kappa shape index (κ1) is 15.9. The van der Waals surface area contributed by atoms with Crippen molar-refractivity contribution in [3.63, 3.8) is 0 Å². The molecule has 0 fully saturated rings. The first-order chi connectivity index (χ1) is 11.2. The molecule has 0 aliphatic heterocycles. The summed E-state index contributed by atoms with van der Waals surface area (Å²) >= 11 is 3.46. The average molecular weight is 376 g/mol. The summed E-state index contributed by atoms with van der Waals surface area (Å²) in [5.74, 6) is -0.293. The minimum atomic E-state index is -0.293. The summed E-state index contributed by atoms with van der Waals surface area (Å²) in [5, 5.41) is 0.965. The molecule has 0 unspecified atom stereocenters. The first-order valence-corrected chi connectivity index (χ1v) is 8.05. The van der Waals surface area contributed by atoms with E-state index < -0.39 is 0 Å². The van der Waals surface area contributed by atoms with Crippen molar-refractivity contribution in [3.8, 4) is 0 Å². The molecule has 23 heavy (non-hydrogen) atoms. The minimum absolute atomic E-state index is 0.293. The SMILES string of the molecule is CCOCc1cc2cc(Br)ccc2oc1=Nc1ccc(F)cc1. The van der Waals surface area contributed by atoms with Crippen molar-refractivity contribution in [2.75, 3.05) is 6.61 Å². The van der Waals surface area contributed by atoms with Gasteiger partial charge in [-0.15, -0.1) is 0 Å². The highest BCUT2D eigenvalue weighted by Gasteiger charge is 2.05. The van der Waals surface area contributed by atoms with Crippen LogP contribution in [0.4, 0.5) is 10.1 Å². The molecule has 0 N–H and O–H groups in total. The van der Waals surface area contributed by atoms with E-state index in [1.54, 1.807) is 12.1 Å². The van der Waals surface area contributed by atoms with E-state index in [2.05, 4.69) is 20.9 Å². The Balaban J connectivity index is 2.15. The highest BCUT2D eigenvalue weighted by atomic mass is 79.9. The van der Waals surface area contributed by atoms with E-state index in [1.165, 1.54) is 12.1 Å². The van der Waals surface area contributed by atoms with E-state index in [4.69, 9.17) is 9.15 Å². The zero-order valence-corrected chi connectivity index (χ0v) is 14.1. The monoisotopic (exact) mass is 375 g/mol. The number of fused-ring (bicyclic) bond motifs is 1. The van der Waals surface area contributed by atoms with E-state index >= 15 is 0 Å². The molecule has 0 atom stereocenters. The maximum atomic E-state index is 13.0. The zero-order chi connectivity index (χ0) is 16.2. The van der Waals surface area contributed by atoms with E-state index in [0.29, 0.717) is 24.5 Å². The molecule has 3 aromatic rings. The van der Waals surface area contributed by atoms with Crippen LogP contribution in [0, 0.1) is 5.82 Å². The Morgan fingerprint density at radius 1 is 1.13 bits per heavy atom. The molecule has 0 radical (unpaired) electrons. The van der Waals surface area contributed by atoms with E-state index in [1.807, 2.05) is 31.2 Å². The quantitative estimate of drug-likeness (QED) is 0.635. The Labute approximate surface area is 141 Å². The van der Waals surface area contributed by atoms with Gasteiger partial charge in [-0.25, -0.2) is 9.38 Å². The summed E-state index contributed by atoms with van der Waals surface area (Å²) < 4.78 is 25.4. The third-order valence-electron chi connectivity index (χ3n) is 3.30. The fraction of sp³-hybridized carbons (Fsp3) is 0.167. The van der Waals surface area contributed by atoms with Crippen molar-refractivity contribution in [1.82, 2.24) is 0 Å². The fourth-order valence-electron chi connectivity index (χ4n) is 2.19. The van der Waals surface area contributed by atoms with Crippen LogP contribution >= 0.6 is 15.9 Å². The van der Waals surface area contributed by atoms with Crippen LogP contribution in [-0.4, -0.2) is 6.61 Å². The van der Waals surface area contributed by atoms with Gasteiger partial charge in [-0.05, 0) is 55.5 Å². The zero-order valence-electron chi connectivity index (χ0n) is 12.6. The van der Waals surface area contributed by atoms with Gasteiger partial charge in [0.25, 0.3) is 0 Å². The Kier molecular flexibility index (Phi) is 4.88. The average Bonchev–Trinajstić information content (AvgIpc) is 2.55. The van der Waals surface area contributed by atoms with Gasteiger partial charge >= 0.3 is 0 Å². The second-order valence-corrected chi connectivity index (χ2v) is 5.90. The standard InChI is InChI=1S/C18H15BrFNO2/c1-2-22-11-13-9-12-10-14(19)3-8-17(12)23-18(13)21-16-6-4-15(20)5-7-16/h3-10H,2,11H2,1H3. The van der Waals surface area contributed by atoms with Gasteiger partial charge in [0.05, 0.1) is 12.3 Å². The van der Waals surface area contributed by atoms with Crippen LogP contribution in [-0.2, 0) is 11.3 Å². The molecule has 2 aromatic carbocycles. The molecule has 5 heteroatoms. The van der Waals surface area contributed by atoms with Crippen molar-refractivity contribution < 1.29 is 13.5 Å². The summed E-state index contributed by atoms with van der Waals surface area (Å²) in [5.41, 5.74) is 2.68. The molecule has 1 aromatic heterocycles. The predicted molar refractivity (Wildman–Crippen MR) is 90.9 cm³/mol. The molecule has 0 aliphatic rings. The van der Waals surface area contributed by atoms with Crippen molar-refractivity contribution in [2.24, 2.45) is 4.99 Å². The maximum absolute atomic E-state index is 13.0. The molecule has 1 heterocycles. The lowest BCUT2D eigenvalue weighted by atomic mass is 10.2. The maximum Gasteiger partial charge on any atom is 0.225 e. The van der Waals surface area contributed by atoms with Crippen molar-refractivity contribution in [3.05, 3.63) is 69.9 Å². The summed E-state index contributed by atoms with van der Waals surface area (Å²) in [7, 11) is 0. The van der Waals surface area contributed by atoms with E-state index in [9.17, 15) is 4.39 Å². The van der Waals surface area contributed by atoms with Crippen LogP contribution in [0.5, 0.6) is 0 Å². The van der Waals surface area contributed by atoms with Gasteiger partial charge in [-0.3, -0.25) is 0 Å². The highest BCUT2D eigenvalue weighted by molar-refractivity contribution is 9.10. The lowest BCUT2D eigenvalue weighted by molar-refractivity contribution is 0.131. The Morgan fingerprint density at radius 2 is 1.91 bits per heavy atom. The Bertz CT molecular complexity index is 888. The molecule has 0 amide bonds. The molecule has 0 saturated carbocycles. The van der Waals surface area contributed by atoms with Gasteiger partial charge in [-0.2, -0.15) is 0 Å². The molecular formula is C18H15BrFNO2. The van der Waals surface area contributed by atoms with E-state index in [-0.39, 0.29) is 5.82 Å². The van der Waals surface area contributed by atoms with Crippen LogP contribution in [0.1, 0.15) is 12.5 Å². The summed E-state index contributed by atoms with van der Waals surface area (Å²) in [4.78, 5) is 4.48. The van der Waals surface area contributed by atoms with Gasteiger partial charge in [0.2, 0.25) is 5.55 Å². The minimum Gasteiger partial charge on any atom is -0.438 e. The number of benzene rings is 2. The van der Waals surface area contributed by atoms with Crippen LogP contribution in [0.15, 0.2) is 62.4 Å². The molecular weight excluding hydrogens is 361 g/mol. The molecule has 0 aliphatic carbocycles. The second kappa shape index (κ2) is 7.06. The van der Waals surface area contributed by atoms with Crippen molar-refractivity contribution in [1.29, 1.82) is 0 Å².